The molecule has 0 fully saturated rings. The van der Waals surface area contributed by atoms with Gasteiger partial charge in [-0.3, -0.25) is 13.9 Å². The third kappa shape index (κ3) is 4.06. The summed E-state index contributed by atoms with van der Waals surface area (Å²) in [6.07, 6.45) is 1.02. The largest absolute Gasteiger partial charge is 0.347 e. The Bertz CT molecular complexity index is 623. The summed E-state index contributed by atoms with van der Waals surface area (Å²) in [4.78, 5) is 24.4. The van der Waals surface area contributed by atoms with Crippen molar-refractivity contribution in [3.05, 3.63) is 29.8 Å². The van der Waals surface area contributed by atoms with Crippen molar-refractivity contribution in [3.63, 3.8) is 0 Å². The van der Waals surface area contributed by atoms with E-state index in [4.69, 9.17) is 0 Å². The molecule has 110 valence electrons. The zero-order valence-electron chi connectivity index (χ0n) is 12.0. The van der Waals surface area contributed by atoms with Crippen molar-refractivity contribution < 1.29 is 18.0 Å². The molecule has 0 aliphatic heterocycles. The molecule has 20 heavy (non-hydrogen) atoms. The predicted molar refractivity (Wildman–Crippen MR) is 77.3 cm³/mol. The van der Waals surface area contributed by atoms with Crippen molar-refractivity contribution in [1.29, 1.82) is 0 Å². The molecule has 0 spiro atoms. The van der Waals surface area contributed by atoms with E-state index in [0.29, 0.717) is 11.3 Å². The van der Waals surface area contributed by atoms with E-state index in [0.717, 1.165) is 10.6 Å². The number of benzene rings is 1. The Morgan fingerprint density at radius 3 is 2.25 bits per heavy atom. The van der Waals surface area contributed by atoms with Gasteiger partial charge in [-0.25, -0.2) is 8.42 Å². The average Bonchev–Trinajstić information content (AvgIpc) is 2.34. The molecule has 6 nitrogen and oxygen atoms in total. The molecule has 0 N–H and O–H groups in total. The number of amides is 1. The molecule has 0 heterocycles. The van der Waals surface area contributed by atoms with Crippen molar-refractivity contribution in [2.24, 2.45) is 0 Å². The fourth-order valence-corrected chi connectivity index (χ4v) is 2.39. The second-order valence-corrected chi connectivity index (χ2v) is 6.57. The number of anilines is 1. The minimum atomic E-state index is -3.61. The summed E-state index contributed by atoms with van der Waals surface area (Å²) in [7, 11) is -0.514. The topological polar surface area (TPSA) is 74.8 Å². The Morgan fingerprint density at radius 2 is 1.80 bits per heavy atom. The first kappa shape index (κ1) is 16.2. The highest BCUT2D eigenvalue weighted by atomic mass is 32.2. The van der Waals surface area contributed by atoms with Gasteiger partial charge in [-0.2, -0.15) is 0 Å². The maximum atomic E-state index is 11.8. The van der Waals surface area contributed by atoms with Crippen LogP contribution in [0.5, 0.6) is 0 Å². The van der Waals surface area contributed by atoms with E-state index in [1.807, 2.05) is 0 Å². The minimum Gasteiger partial charge on any atom is -0.347 e. The molecule has 0 aliphatic rings. The normalized spacial score (nSPS) is 11.0. The molecule has 1 aromatic rings. The van der Waals surface area contributed by atoms with Gasteiger partial charge in [-0.15, -0.1) is 0 Å². The summed E-state index contributed by atoms with van der Waals surface area (Å²) in [6, 6.07) is 6.20. The summed E-state index contributed by atoms with van der Waals surface area (Å²) in [6.45, 7) is 1.10. The Hall–Kier alpha value is -1.89. The molecule has 7 heteroatoms. The maximum absolute atomic E-state index is 11.8. The second kappa shape index (κ2) is 6.04. The predicted octanol–water partition coefficient (Wildman–Crippen LogP) is 0.743. The lowest BCUT2D eigenvalue weighted by atomic mass is 10.1. The van der Waals surface area contributed by atoms with Gasteiger partial charge in [0, 0.05) is 19.7 Å². The molecule has 0 aromatic heterocycles. The van der Waals surface area contributed by atoms with Gasteiger partial charge in [0.2, 0.25) is 15.9 Å². The monoisotopic (exact) mass is 298 g/mol. The lowest BCUT2D eigenvalue weighted by molar-refractivity contribution is -0.127. The van der Waals surface area contributed by atoms with Crippen LogP contribution in [0.4, 0.5) is 5.69 Å². The Labute approximate surface area is 119 Å². The van der Waals surface area contributed by atoms with Crippen LogP contribution in [-0.4, -0.2) is 51.9 Å². The summed E-state index contributed by atoms with van der Waals surface area (Å²) >= 11 is 0. The van der Waals surface area contributed by atoms with Crippen LogP contribution in [0.2, 0.25) is 0 Å². The highest BCUT2D eigenvalue weighted by Gasteiger charge is 2.22. The first-order valence-corrected chi connectivity index (χ1v) is 7.76. The van der Waals surface area contributed by atoms with Crippen LogP contribution in [0.3, 0.4) is 0 Å². The van der Waals surface area contributed by atoms with Crippen LogP contribution in [0, 0.1) is 0 Å². The number of ketones is 1. The number of carbonyl (C=O) groups is 2. The number of hydrogen-bond donors (Lipinski definition) is 0. The number of Topliss-reactive ketones (excluding diaryl/α,β-unsaturated/α-hetero) is 1. The van der Waals surface area contributed by atoms with Gasteiger partial charge in [0.15, 0.2) is 5.78 Å². The number of nitrogens with zero attached hydrogens (tertiary/aromatic N) is 2. The van der Waals surface area contributed by atoms with Gasteiger partial charge >= 0.3 is 0 Å². The molecule has 1 rings (SSSR count). The summed E-state index contributed by atoms with van der Waals surface area (Å²) in [5, 5.41) is 0. The molecule has 0 unspecified atom stereocenters. The standard InChI is InChI=1S/C13H18N2O4S/c1-10(16)11-6-5-7-12(8-11)15(20(4,18)19)9-13(17)14(2)3/h5-8H,9H2,1-4H3. The van der Waals surface area contributed by atoms with Crippen LogP contribution in [0.1, 0.15) is 17.3 Å². The first-order valence-electron chi connectivity index (χ1n) is 5.92. The number of likely N-dealkylation sites (N-methyl/N-ethyl adjacent to an activating group) is 1. The van der Waals surface area contributed by atoms with Gasteiger partial charge in [-0.1, -0.05) is 12.1 Å². The highest BCUT2D eigenvalue weighted by Crippen LogP contribution is 2.19. The van der Waals surface area contributed by atoms with Gasteiger partial charge in [0.25, 0.3) is 0 Å². The van der Waals surface area contributed by atoms with E-state index in [9.17, 15) is 18.0 Å². The van der Waals surface area contributed by atoms with E-state index in [-0.39, 0.29) is 18.2 Å². The van der Waals surface area contributed by atoms with E-state index < -0.39 is 10.0 Å². The molecular weight excluding hydrogens is 280 g/mol. The lowest BCUT2D eigenvalue weighted by Crippen LogP contribution is -2.39. The van der Waals surface area contributed by atoms with E-state index in [1.165, 1.54) is 17.9 Å². The van der Waals surface area contributed by atoms with Crippen molar-refractivity contribution in [3.8, 4) is 0 Å². The number of carbonyl (C=O) groups excluding carboxylic acids is 2. The molecule has 0 aliphatic carbocycles. The Morgan fingerprint density at radius 1 is 1.20 bits per heavy atom. The fourth-order valence-electron chi connectivity index (χ4n) is 1.54. The molecule has 0 atom stereocenters. The number of rotatable bonds is 5. The lowest BCUT2D eigenvalue weighted by Gasteiger charge is -2.23. The minimum absolute atomic E-state index is 0.167. The zero-order valence-corrected chi connectivity index (χ0v) is 12.8. The van der Waals surface area contributed by atoms with Crippen LogP contribution < -0.4 is 4.31 Å². The van der Waals surface area contributed by atoms with Gasteiger partial charge < -0.3 is 4.90 Å². The van der Waals surface area contributed by atoms with Gasteiger partial charge in [0.05, 0.1) is 11.9 Å². The first-order chi connectivity index (χ1) is 9.12. The number of sulfonamides is 1. The summed E-state index contributed by atoms with van der Waals surface area (Å²) in [5.41, 5.74) is 0.698. The average molecular weight is 298 g/mol. The van der Waals surface area contributed by atoms with Crippen LogP contribution >= 0.6 is 0 Å². The zero-order chi connectivity index (χ0) is 15.5. The second-order valence-electron chi connectivity index (χ2n) is 4.66. The molecular formula is C13H18N2O4S. The van der Waals surface area contributed by atoms with Crippen LogP contribution in [0.25, 0.3) is 0 Å². The molecule has 1 amide bonds. The summed E-state index contributed by atoms with van der Waals surface area (Å²) < 4.78 is 24.7. The van der Waals surface area contributed by atoms with Crippen molar-refractivity contribution in [2.75, 3.05) is 31.2 Å². The Balaban J connectivity index is 3.22. The van der Waals surface area contributed by atoms with Gasteiger partial charge in [-0.05, 0) is 19.1 Å². The van der Waals surface area contributed by atoms with E-state index in [1.54, 1.807) is 32.3 Å². The van der Waals surface area contributed by atoms with E-state index >= 15 is 0 Å². The molecule has 0 saturated heterocycles. The van der Waals surface area contributed by atoms with Crippen LogP contribution in [0.15, 0.2) is 24.3 Å². The highest BCUT2D eigenvalue weighted by molar-refractivity contribution is 7.92. The third-order valence-corrected chi connectivity index (χ3v) is 3.86. The number of hydrogen-bond acceptors (Lipinski definition) is 4. The smallest absolute Gasteiger partial charge is 0.242 e. The van der Waals surface area contributed by atoms with Crippen molar-refractivity contribution in [2.45, 2.75) is 6.92 Å². The Kier molecular flexibility index (Phi) is 4.88. The molecule has 1 aromatic carbocycles. The summed E-state index contributed by atoms with van der Waals surface area (Å²) in [5.74, 6) is -0.511. The van der Waals surface area contributed by atoms with Crippen molar-refractivity contribution in [1.82, 2.24) is 4.90 Å². The molecule has 0 bridgehead atoms. The van der Waals surface area contributed by atoms with Gasteiger partial charge in [0.1, 0.15) is 6.54 Å². The van der Waals surface area contributed by atoms with Crippen LogP contribution in [-0.2, 0) is 14.8 Å². The SMILES string of the molecule is CC(=O)c1cccc(N(CC(=O)N(C)C)S(C)(=O)=O)c1. The molecule has 0 radical (unpaired) electrons. The maximum Gasteiger partial charge on any atom is 0.242 e. The molecule has 0 saturated carbocycles. The van der Waals surface area contributed by atoms with Crippen molar-refractivity contribution >= 4 is 27.4 Å². The quantitative estimate of drug-likeness (QED) is 0.752. The van der Waals surface area contributed by atoms with E-state index in [2.05, 4.69) is 0 Å². The third-order valence-electron chi connectivity index (χ3n) is 2.72. The fraction of sp³-hybridized carbons (Fsp3) is 0.385.